The number of methoxy groups -OCH3 is 2. The van der Waals surface area contributed by atoms with E-state index in [1.54, 1.807) is 20.3 Å². The van der Waals surface area contributed by atoms with E-state index >= 15 is 0 Å². The van der Waals surface area contributed by atoms with Gasteiger partial charge in [0, 0.05) is 25.0 Å². The molecule has 1 aromatic carbocycles. The number of hydrogen-bond donors (Lipinski definition) is 1. The number of benzene rings is 1. The van der Waals surface area contributed by atoms with Gasteiger partial charge in [0.2, 0.25) is 0 Å². The molecule has 0 spiro atoms. The zero-order valence-corrected chi connectivity index (χ0v) is 12.2. The number of hydrogen-bond acceptors (Lipinski definition) is 3. The van der Waals surface area contributed by atoms with Crippen molar-refractivity contribution in [1.29, 1.82) is 0 Å². The zero-order chi connectivity index (χ0) is 13.9. The van der Waals surface area contributed by atoms with Crippen LogP contribution in [0.25, 0.3) is 0 Å². The molecule has 3 nitrogen and oxygen atoms in total. The van der Waals surface area contributed by atoms with Crippen molar-refractivity contribution in [3.63, 3.8) is 0 Å². The third-order valence-corrected chi connectivity index (χ3v) is 4.11. The van der Waals surface area contributed by atoms with Crippen molar-refractivity contribution >= 4 is 11.6 Å². The lowest BCUT2D eigenvalue weighted by Crippen LogP contribution is -2.40. The summed E-state index contributed by atoms with van der Waals surface area (Å²) in [5.41, 5.74) is 0.228. The molecule has 1 fully saturated rings. The Morgan fingerprint density at radius 3 is 2.89 bits per heavy atom. The van der Waals surface area contributed by atoms with Gasteiger partial charge < -0.3 is 14.6 Å². The van der Waals surface area contributed by atoms with Crippen molar-refractivity contribution in [2.45, 2.75) is 43.8 Å². The van der Waals surface area contributed by atoms with E-state index in [0.717, 1.165) is 30.6 Å². The third kappa shape index (κ3) is 3.62. The Labute approximate surface area is 119 Å². The van der Waals surface area contributed by atoms with Crippen LogP contribution in [0.3, 0.4) is 0 Å². The molecule has 0 heterocycles. The van der Waals surface area contributed by atoms with Crippen LogP contribution >= 0.6 is 11.6 Å². The molecule has 0 saturated heterocycles. The van der Waals surface area contributed by atoms with Gasteiger partial charge in [-0.15, -0.1) is 0 Å². The van der Waals surface area contributed by atoms with Crippen LogP contribution in [0.2, 0.25) is 5.02 Å². The Bertz CT molecular complexity index is 435. The van der Waals surface area contributed by atoms with E-state index in [9.17, 15) is 5.11 Å². The van der Waals surface area contributed by atoms with Gasteiger partial charge in [-0.05, 0) is 43.0 Å². The van der Waals surface area contributed by atoms with Crippen LogP contribution in [0.1, 0.15) is 31.2 Å². The van der Waals surface area contributed by atoms with Gasteiger partial charge >= 0.3 is 0 Å². The smallest absolute Gasteiger partial charge is 0.122 e. The van der Waals surface area contributed by atoms with Gasteiger partial charge in [-0.25, -0.2) is 0 Å². The molecule has 19 heavy (non-hydrogen) atoms. The number of ether oxygens (including phenoxy) is 2. The minimum Gasteiger partial charge on any atom is -0.496 e. The fraction of sp³-hybridized carbons (Fsp3) is 0.600. The molecule has 0 aromatic heterocycles. The molecule has 1 saturated carbocycles. The fourth-order valence-corrected chi connectivity index (χ4v) is 3.08. The van der Waals surface area contributed by atoms with E-state index in [0.29, 0.717) is 17.9 Å². The van der Waals surface area contributed by atoms with Gasteiger partial charge in [0.1, 0.15) is 5.75 Å². The highest BCUT2D eigenvalue weighted by Crippen LogP contribution is 2.35. The monoisotopic (exact) mass is 284 g/mol. The first-order valence-electron chi connectivity index (χ1n) is 6.64. The molecular weight excluding hydrogens is 264 g/mol. The van der Waals surface area contributed by atoms with Crippen LogP contribution < -0.4 is 4.74 Å². The average Bonchev–Trinajstić information content (AvgIpc) is 2.38. The first-order chi connectivity index (χ1) is 9.06. The molecule has 1 aliphatic carbocycles. The number of halogens is 1. The van der Waals surface area contributed by atoms with Crippen LogP contribution in [-0.4, -0.2) is 31.0 Å². The SMILES string of the molecule is COc1ccc(Cl)cc1CC1(O)CCCC(OC)C1. The lowest BCUT2D eigenvalue weighted by atomic mass is 9.79. The van der Waals surface area contributed by atoms with E-state index in [-0.39, 0.29) is 6.10 Å². The molecule has 2 unspecified atom stereocenters. The molecule has 2 atom stereocenters. The Morgan fingerprint density at radius 1 is 1.42 bits per heavy atom. The van der Waals surface area contributed by atoms with Crippen LogP contribution in [0.5, 0.6) is 5.75 Å². The average molecular weight is 285 g/mol. The van der Waals surface area contributed by atoms with Crippen LogP contribution in [0, 0.1) is 0 Å². The summed E-state index contributed by atoms with van der Waals surface area (Å²) in [6.07, 6.45) is 4.16. The predicted octanol–water partition coefficient (Wildman–Crippen LogP) is 3.21. The highest BCUT2D eigenvalue weighted by Gasteiger charge is 2.35. The Kier molecular flexibility index (Phi) is 4.71. The zero-order valence-electron chi connectivity index (χ0n) is 11.5. The van der Waals surface area contributed by atoms with Crippen molar-refractivity contribution in [3.8, 4) is 5.75 Å². The Balaban J connectivity index is 2.17. The van der Waals surface area contributed by atoms with Gasteiger partial charge in [0.15, 0.2) is 0 Å². The molecule has 2 rings (SSSR count). The largest absolute Gasteiger partial charge is 0.496 e. The summed E-state index contributed by atoms with van der Waals surface area (Å²) in [4.78, 5) is 0. The van der Waals surface area contributed by atoms with Gasteiger partial charge in [-0.3, -0.25) is 0 Å². The van der Waals surface area contributed by atoms with Crippen molar-refractivity contribution in [1.82, 2.24) is 0 Å². The summed E-state index contributed by atoms with van der Waals surface area (Å²) >= 11 is 6.03. The maximum absolute atomic E-state index is 10.8. The molecule has 106 valence electrons. The van der Waals surface area contributed by atoms with E-state index in [1.807, 2.05) is 12.1 Å². The second-order valence-electron chi connectivity index (χ2n) is 5.31. The third-order valence-electron chi connectivity index (χ3n) is 3.87. The lowest BCUT2D eigenvalue weighted by molar-refractivity contribution is -0.0583. The second-order valence-corrected chi connectivity index (χ2v) is 5.75. The van der Waals surface area contributed by atoms with Gasteiger partial charge in [-0.2, -0.15) is 0 Å². The van der Waals surface area contributed by atoms with E-state index in [1.165, 1.54) is 0 Å². The van der Waals surface area contributed by atoms with Crippen LogP contribution in [0.15, 0.2) is 18.2 Å². The van der Waals surface area contributed by atoms with E-state index in [2.05, 4.69) is 0 Å². The summed E-state index contributed by atoms with van der Waals surface area (Å²) in [5.74, 6) is 0.775. The van der Waals surface area contributed by atoms with Crippen molar-refractivity contribution < 1.29 is 14.6 Å². The highest BCUT2D eigenvalue weighted by molar-refractivity contribution is 6.30. The maximum atomic E-state index is 10.8. The van der Waals surface area contributed by atoms with Crippen molar-refractivity contribution in [3.05, 3.63) is 28.8 Å². The molecule has 0 amide bonds. The molecule has 1 N–H and O–H groups in total. The summed E-state index contributed by atoms with van der Waals surface area (Å²) < 4.78 is 10.7. The predicted molar refractivity (Wildman–Crippen MR) is 75.9 cm³/mol. The summed E-state index contributed by atoms with van der Waals surface area (Å²) in [5, 5.41) is 11.4. The minimum absolute atomic E-state index is 0.143. The van der Waals surface area contributed by atoms with E-state index in [4.69, 9.17) is 21.1 Å². The molecular formula is C15H21ClO3. The molecule has 0 bridgehead atoms. The van der Waals surface area contributed by atoms with Gasteiger partial charge in [-0.1, -0.05) is 11.6 Å². The van der Waals surface area contributed by atoms with Crippen molar-refractivity contribution in [2.75, 3.05) is 14.2 Å². The van der Waals surface area contributed by atoms with Crippen LogP contribution in [0.4, 0.5) is 0 Å². The fourth-order valence-electron chi connectivity index (χ4n) is 2.89. The first-order valence-corrected chi connectivity index (χ1v) is 7.02. The number of rotatable bonds is 4. The Morgan fingerprint density at radius 2 is 2.21 bits per heavy atom. The Hall–Kier alpha value is -0.770. The summed E-state index contributed by atoms with van der Waals surface area (Å²) in [7, 11) is 3.34. The molecule has 0 radical (unpaired) electrons. The summed E-state index contributed by atoms with van der Waals surface area (Å²) in [6.45, 7) is 0. The summed E-state index contributed by atoms with van der Waals surface area (Å²) in [6, 6.07) is 5.51. The second kappa shape index (κ2) is 6.12. The standard InChI is InChI=1S/C15H21ClO3/c1-18-13-4-3-7-15(17,10-13)9-11-8-12(16)5-6-14(11)19-2/h5-6,8,13,17H,3-4,7,9-10H2,1-2H3. The molecule has 1 aromatic rings. The minimum atomic E-state index is -0.725. The van der Waals surface area contributed by atoms with Crippen LogP contribution in [-0.2, 0) is 11.2 Å². The van der Waals surface area contributed by atoms with Gasteiger partial charge in [0.05, 0.1) is 18.8 Å². The maximum Gasteiger partial charge on any atom is 0.122 e. The molecule has 4 heteroatoms. The topological polar surface area (TPSA) is 38.7 Å². The van der Waals surface area contributed by atoms with Gasteiger partial charge in [0.25, 0.3) is 0 Å². The first kappa shape index (κ1) is 14.6. The number of aliphatic hydroxyl groups is 1. The molecule has 0 aliphatic heterocycles. The normalized spacial score (nSPS) is 27.3. The highest BCUT2D eigenvalue weighted by atomic mass is 35.5. The molecule has 1 aliphatic rings. The lowest BCUT2D eigenvalue weighted by Gasteiger charge is -2.36. The quantitative estimate of drug-likeness (QED) is 0.923. The van der Waals surface area contributed by atoms with E-state index < -0.39 is 5.60 Å². The van der Waals surface area contributed by atoms with Crippen molar-refractivity contribution in [2.24, 2.45) is 0 Å².